The van der Waals surface area contributed by atoms with E-state index in [1.54, 1.807) is 43.6 Å². The summed E-state index contributed by atoms with van der Waals surface area (Å²) in [4.78, 5) is 26.3. The van der Waals surface area contributed by atoms with E-state index < -0.39 is 18.7 Å². The van der Waals surface area contributed by atoms with Gasteiger partial charge in [0, 0.05) is 44.4 Å². The fraction of sp³-hybridized carbons (Fsp3) is 0.346. The van der Waals surface area contributed by atoms with Crippen molar-refractivity contribution in [3.05, 3.63) is 70.5 Å². The van der Waals surface area contributed by atoms with Crippen molar-refractivity contribution in [3.8, 4) is 11.6 Å². The van der Waals surface area contributed by atoms with Gasteiger partial charge in [0.2, 0.25) is 0 Å². The van der Waals surface area contributed by atoms with E-state index in [9.17, 15) is 13.6 Å². The van der Waals surface area contributed by atoms with Crippen molar-refractivity contribution in [1.29, 1.82) is 0 Å². The fourth-order valence-electron chi connectivity index (χ4n) is 4.27. The number of para-hydroxylation sites is 2. The smallest absolute Gasteiger partial charge is 0.335 e. The number of imidazole rings is 1. The second-order valence-electron chi connectivity index (χ2n) is 9.06. The normalized spacial score (nSPS) is 11.6. The van der Waals surface area contributed by atoms with Crippen LogP contribution in [-0.2, 0) is 13.0 Å². The second kappa shape index (κ2) is 11.0. The molecule has 0 bridgehead atoms. The lowest BCUT2D eigenvalue weighted by molar-refractivity contribution is 0.126. The van der Waals surface area contributed by atoms with Crippen molar-refractivity contribution in [2.24, 2.45) is 0 Å². The standard InChI is InChI=1S/C26H31F2N7O2/c1-32(2)11-12-33(3)21-15-22(37-4)17(13-18(21)29)14-24-30-10-9-25(31-24)35-20-8-6-5-7-19(20)34(26(35)36)16-23(27)28/h5-10,13,15,23H,11-12,14,16,29H2,1-4H3. The Hall–Kier alpha value is -3.99. The Morgan fingerprint density at radius 1 is 1.08 bits per heavy atom. The van der Waals surface area contributed by atoms with Crippen LogP contribution in [0.3, 0.4) is 0 Å². The molecule has 2 heterocycles. The maximum atomic E-state index is 13.2. The lowest BCUT2D eigenvalue weighted by Gasteiger charge is -2.24. The average molecular weight is 512 g/mol. The van der Waals surface area contributed by atoms with Crippen molar-refractivity contribution in [2.75, 3.05) is 52.0 Å². The highest BCUT2D eigenvalue weighted by atomic mass is 19.3. The number of methoxy groups -OCH3 is 1. The molecule has 0 unspecified atom stereocenters. The first-order valence-corrected chi connectivity index (χ1v) is 11.8. The molecule has 0 amide bonds. The number of halogens is 2. The highest BCUT2D eigenvalue weighted by molar-refractivity contribution is 5.77. The van der Waals surface area contributed by atoms with E-state index in [-0.39, 0.29) is 0 Å². The molecule has 37 heavy (non-hydrogen) atoms. The Balaban J connectivity index is 1.69. The molecule has 0 aliphatic heterocycles. The molecule has 2 aromatic heterocycles. The predicted molar refractivity (Wildman–Crippen MR) is 141 cm³/mol. The third-order valence-electron chi connectivity index (χ3n) is 6.15. The molecule has 0 atom stereocenters. The molecule has 9 nitrogen and oxygen atoms in total. The van der Waals surface area contributed by atoms with Crippen LogP contribution in [0.5, 0.6) is 5.75 Å². The Labute approximate surface area is 213 Å². The number of nitrogens with two attached hydrogens (primary N) is 1. The summed E-state index contributed by atoms with van der Waals surface area (Å²) in [6, 6.07) is 12.1. The third-order valence-corrected chi connectivity index (χ3v) is 6.15. The molecule has 4 rings (SSSR count). The van der Waals surface area contributed by atoms with Crippen LogP contribution >= 0.6 is 0 Å². The summed E-state index contributed by atoms with van der Waals surface area (Å²) < 4.78 is 34.4. The molecule has 0 aliphatic carbocycles. The second-order valence-corrected chi connectivity index (χ2v) is 9.06. The van der Waals surface area contributed by atoms with E-state index in [0.717, 1.165) is 28.9 Å². The molecule has 0 radical (unpaired) electrons. The number of hydrogen-bond acceptors (Lipinski definition) is 7. The zero-order valence-corrected chi connectivity index (χ0v) is 21.4. The first-order chi connectivity index (χ1) is 17.7. The molecule has 2 N–H and O–H groups in total. The van der Waals surface area contributed by atoms with E-state index in [1.165, 1.54) is 4.57 Å². The van der Waals surface area contributed by atoms with Gasteiger partial charge in [0.05, 0.1) is 36.1 Å². The molecule has 196 valence electrons. The summed E-state index contributed by atoms with van der Waals surface area (Å²) in [5.74, 6) is 1.37. The Morgan fingerprint density at radius 3 is 2.49 bits per heavy atom. The molecule has 11 heteroatoms. The molecule has 4 aromatic rings. The lowest BCUT2D eigenvalue weighted by Crippen LogP contribution is -2.29. The first kappa shape index (κ1) is 26.1. The summed E-state index contributed by atoms with van der Waals surface area (Å²) >= 11 is 0. The Kier molecular flexibility index (Phi) is 7.72. The monoisotopic (exact) mass is 511 g/mol. The van der Waals surface area contributed by atoms with Crippen LogP contribution in [0.1, 0.15) is 11.4 Å². The van der Waals surface area contributed by atoms with Crippen LogP contribution in [0, 0.1) is 0 Å². The van der Waals surface area contributed by atoms with Crippen molar-refractivity contribution < 1.29 is 13.5 Å². The third kappa shape index (κ3) is 5.56. The van der Waals surface area contributed by atoms with Crippen molar-refractivity contribution in [3.63, 3.8) is 0 Å². The average Bonchev–Trinajstić information content (AvgIpc) is 3.13. The number of anilines is 2. The summed E-state index contributed by atoms with van der Waals surface area (Å²) in [6.45, 7) is 0.961. The fourth-order valence-corrected chi connectivity index (χ4v) is 4.27. The zero-order chi connectivity index (χ0) is 26.7. The SMILES string of the molecule is COc1cc(N(C)CCN(C)C)c(N)cc1Cc1nccc(-n2c(=O)n(CC(F)F)c3ccccc32)n1. The number of hydrogen-bond donors (Lipinski definition) is 1. The largest absolute Gasteiger partial charge is 0.496 e. The lowest BCUT2D eigenvalue weighted by atomic mass is 10.1. The summed E-state index contributed by atoms with van der Waals surface area (Å²) in [7, 11) is 7.59. The van der Waals surface area contributed by atoms with Gasteiger partial charge in [-0.2, -0.15) is 0 Å². The maximum absolute atomic E-state index is 13.2. The summed E-state index contributed by atoms with van der Waals surface area (Å²) in [5, 5.41) is 0. The molecular weight excluding hydrogens is 480 g/mol. The Morgan fingerprint density at radius 2 is 1.81 bits per heavy atom. The number of ether oxygens (including phenoxy) is 1. The van der Waals surface area contributed by atoms with Crippen molar-refractivity contribution in [1.82, 2.24) is 24.0 Å². The number of likely N-dealkylation sites (N-methyl/N-ethyl adjacent to an activating group) is 2. The number of fused-ring (bicyclic) bond motifs is 1. The number of nitrogen functional groups attached to an aromatic ring is 1. The van der Waals surface area contributed by atoms with Crippen molar-refractivity contribution >= 4 is 22.4 Å². The van der Waals surface area contributed by atoms with Crippen LogP contribution in [0.2, 0.25) is 0 Å². The van der Waals surface area contributed by atoms with Crippen LogP contribution in [0.4, 0.5) is 20.2 Å². The molecule has 2 aromatic carbocycles. The minimum atomic E-state index is -2.67. The number of nitrogens with zero attached hydrogens (tertiary/aromatic N) is 6. The zero-order valence-electron chi connectivity index (χ0n) is 21.4. The van der Waals surface area contributed by atoms with Gasteiger partial charge >= 0.3 is 5.69 Å². The van der Waals surface area contributed by atoms with Crippen LogP contribution in [0.25, 0.3) is 16.9 Å². The van der Waals surface area contributed by atoms with Crippen LogP contribution in [0.15, 0.2) is 53.5 Å². The minimum absolute atomic E-state index is 0.297. The van der Waals surface area contributed by atoms with Crippen LogP contribution in [-0.4, -0.2) is 71.8 Å². The highest BCUT2D eigenvalue weighted by Gasteiger charge is 2.19. The molecule has 0 fully saturated rings. The van der Waals surface area contributed by atoms with E-state index in [1.807, 2.05) is 33.3 Å². The highest BCUT2D eigenvalue weighted by Crippen LogP contribution is 2.32. The van der Waals surface area contributed by atoms with E-state index in [2.05, 4.69) is 19.8 Å². The number of alkyl halides is 2. The van der Waals surface area contributed by atoms with Gasteiger partial charge in [0.25, 0.3) is 6.43 Å². The van der Waals surface area contributed by atoms with Gasteiger partial charge in [-0.15, -0.1) is 0 Å². The molecule has 0 aliphatic rings. The van der Waals surface area contributed by atoms with Gasteiger partial charge < -0.3 is 20.3 Å². The predicted octanol–water partition coefficient (Wildman–Crippen LogP) is 3.03. The number of rotatable bonds is 10. The number of benzene rings is 2. The van der Waals surface area contributed by atoms with Crippen molar-refractivity contribution in [2.45, 2.75) is 19.4 Å². The minimum Gasteiger partial charge on any atom is -0.496 e. The van der Waals surface area contributed by atoms with Gasteiger partial charge in [-0.3, -0.25) is 4.57 Å². The van der Waals surface area contributed by atoms with Gasteiger partial charge in [-0.05, 0) is 38.4 Å². The maximum Gasteiger partial charge on any atom is 0.335 e. The molecular formula is C26H31F2N7O2. The molecule has 0 saturated carbocycles. The number of aromatic nitrogens is 4. The van der Waals surface area contributed by atoms with E-state index >= 15 is 0 Å². The summed E-state index contributed by atoms with van der Waals surface area (Å²) in [5.41, 5.74) is 8.95. The van der Waals surface area contributed by atoms with E-state index in [4.69, 9.17) is 10.5 Å². The van der Waals surface area contributed by atoms with E-state index in [0.29, 0.717) is 40.5 Å². The van der Waals surface area contributed by atoms with Gasteiger partial charge in [0.15, 0.2) is 0 Å². The van der Waals surface area contributed by atoms with Gasteiger partial charge in [0.1, 0.15) is 17.4 Å². The topological polar surface area (TPSA) is 94.4 Å². The quantitative estimate of drug-likeness (QED) is 0.327. The van der Waals surface area contributed by atoms with Gasteiger partial charge in [-0.1, -0.05) is 12.1 Å². The van der Waals surface area contributed by atoms with Crippen LogP contribution < -0.4 is 21.1 Å². The van der Waals surface area contributed by atoms with Gasteiger partial charge in [-0.25, -0.2) is 28.1 Å². The molecule has 0 saturated heterocycles. The Bertz CT molecular complexity index is 1450. The summed E-state index contributed by atoms with van der Waals surface area (Å²) in [6.07, 6.45) is -0.823. The molecule has 0 spiro atoms. The first-order valence-electron chi connectivity index (χ1n) is 11.8.